The molecule has 0 aromatic rings. The van der Waals surface area contributed by atoms with E-state index in [1.165, 1.54) is 0 Å². The molecule has 0 aliphatic rings. The molecule has 0 saturated carbocycles. The number of rotatable bonds is 0. The van der Waals surface area contributed by atoms with Crippen molar-refractivity contribution in [1.82, 2.24) is 0 Å². The van der Waals surface area contributed by atoms with Crippen LogP contribution in [-0.2, 0) is 0 Å². The average molecular weight is 254 g/mol. The third kappa shape index (κ3) is 6.45. The van der Waals surface area contributed by atoms with Crippen LogP contribution < -0.4 is 54.8 Å². The van der Waals surface area contributed by atoms with Gasteiger partial charge in [0, 0.05) is 0 Å². The number of alkyl halides is 2. The molecule has 0 rings (SSSR count). The summed E-state index contributed by atoms with van der Waals surface area (Å²) < 4.78 is 10.8. The van der Waals surface area contributed by atoms with E-state index in [4.69, 9.17) is 0 Å². The van der Waals surface area contributed by atoms with Gasteiger partial charge in [-0.2, -0.15) is 0 Å². The Bertz CT molecular complexity index is 57.9. The van der Waals surface area contributed by atoms with Crippen LogP contribution in [0.2, 0.25) is 0 Å². The molecule has 0 radical (unpaired) electrons. The monoisotopic (exact) mass is 254 g/mol. The molecule has 3 heteroatoms. The van der Waals surface area contributed by atoms with Crippen molar-refractivity contribution in [2.75, 3.05) is 4.93 Å². The molecule has 0 bridgehead atoms. The summed E-state index contributed by atoms with van der Waals surface area (Å²) in [5.74, 6) is 0. The molecular formula is C5H12IKO. The van der Waals surface area contributed by atoms with Crippen LogP contribution in [0.25, 0.3) is 0 Å². The Hall–Kier alpha value is 2.33. The Morgan fingerprint density at radius 2 is 1.38 bits per heavy atom. The van der Waals surface area contributed by atoms with E-state index in [2.05, 4.69) is 0 Å². The van der Waals surface area contributed by atoms with E-state index in [0.29, 0.717) is 0 Å². The summed E-state index contributed by atoms with van der Waals surface area (Å²) in [6, 6.07) is 0. The molecule has 0 spiro atoms. The van der Waals surface area contributed by atoms with Gasteiger partial charge in [-0.25, -0.2) is 0 Å². The second kappa shape index (κ2) is 5.04. The van der Waals surface area contributed by atoms with Gasteiger partial charge in [0.1, 0.15) is 0 Å². The molecule has 0 atom stereocenters. The summed E-state index contributed by atoms with van der Waals surface area (Å²) in [7, 11) is 0. The van der Waals surface area contributed by atoms with Gasteiger partial charge in [-0.1, -0.05) is 0 Å². The minimum Gasteiger partial charge on any atom is 1.00 e. The minimum absolute atomic E-state index is 0. The quantitative estimate of drug-likeness (QED) is 0.284. The Balaban J connectivity index is 0. The molecule has 0 aliphatic heterocycles. The topological polar surface area (TPSA) is 23.1 Å². The first-order valence-electron chi connectivity index (χ1n) is 2.22. The van der Waals surface area contributed by atoms with Crippen molar-refractivity contribution in [2.45, 2.75) is 24.2 Å². The van der Waals surface area contributed by atoms with Gasteiger partial charge in [0.25, 0.3) is 0 Å². The van der Waals surface area contributed by atoms with Gasteiger partial charge in [-0.05, 0) is 0 Å². The molecule has 0 heterocycles. The summed E-state index contributed by atoms with van der Waals surface area (Å²) in [4.78, 5) is 1.85. The molecule has 0 unspecified atom stereocenters. The van der Waals surface area contributed by atoms with Gasteiger partial charge in [0.15, 0.2) is 0 Å². The number of hydrogen-bond donors (Lipinski definition) is 0. The van der Waals surface area contributed by atoms with Crippen LogP contribution in [0.15, 0.2) is 0 Å². The molecule has 0 N–H and O–H groups in total. The summed E-state index contributed by atoms with van der Waals surface area (Å²) in [5, 5.41) is 0. The van der Waals surface area contributed by atoms with Gasteiger partial charge in [0.05, 0.1) is 0 Å². The molecule has 0 amide bonds. The van der Waals surface area contributed by atoms with E-state index >= 15 is 0 Å². The van der Waals surface area contributed by atoms with Crippen molar-refractivity contribution in [3.8, 4) is 0 Å². The Morgan fingerprint density at radius 1 is 1.25 bits per heavy atom. The summed E-state index contributed by atoms with van der Waals surface area (Å²) >= 11 is -1.76. The van der Waals surface area contributed by atoms with E-state index in [1.54, 1.807) is 0 Å². The summed E-state index contributed by atoms with van der Waals surface area (Å²) in [5.41, 5.74) is 0. The molecule has 0 aromatic heterocycles. The van der Waals surface area contributed by atoms with Crippen molar-refractivity contribution in [3.63, 3.8) is 0 Å². The van der Waals surface area contributed by atoms with Crippen molar-refractivity contribution < 1.29 is 54.8 Å². The Labute approximate surface area is 102 Å². The van der Waals surface area contributed by atoms with Crippen molar-refractivity contribution in [1.29, 1.82) is 0 Å². The predicted octanol–water partition coefficient (Wildman–Crippen LogP) is -1.80. The van der Waals surface area contributed by atoms with Crippen LogP contribution in [-0.4, -0.2) is 8.35 Å². The van der Waals surface area contributed by atoms with Gasteiger partial charge in [-0.15, -0.1) is 0 Å². The Morgan fingerprint density at radius 3 is 1.38 bits per heavy atom. The van der Waals surface area contributed by atoms with E-state index in [-0.39, 0.29) is 54.8 Å². The van der Waals surface area contributed by atoms with E-state index in [1.807, 2.05) is 25.7 Å². The zero-order valence-corrected chi connectivity index (χ0v) is 11.6. The third-order valence-corrected chi connectivity index (χ3v) is 5.36. The van der Waals surface area contributed by atoms with Crippen molar-refractivity contribution >= 4 is 20.2 Å². The van der Waals surface area contributed by atoms with Crippen LogP contribution in [0.5, 0.6) is 0 Å². The van der Waals surface area contributed by atoms with Gasteiger partial charge in [0.2, 0.25) is 0 Å². The molecule has 8 heavy (non-hydrogen) atoms. The fourth-order valence-corrected chi connectivity index (χ4v) is 0. The zero-order valence-electron chi connectivity index (χ0n) is 6.29. The normalized spacial score (nSPS) is 12.4. The molecule has 0 saturated heterocycles. The minimum atomic E-state index is -1.76. The van der Waals surface area contributed by atoms with E-state index in [9.17, 15) is 3.44 Å². The standard InChI is InChI=1S/C5H12IO.K/c1-5(2,3)6(4)7;/h1-4H3;/q-1;+1. The van der Waals surface area contributed by atoms with Crippen LogP contribution in [0.1, 0.15) is 20.8 Å². The van der Waals surface area contributed by atoms with Gasteiger partial charge < -0.3 is 0 Å². The zero-order chi connectivity index (χ0) is 6.08. The third-order valence-electron chi connectivity index (χ3n) is 0.798. The first-order chi connectivity index (χ1) is 2.94. The SMILES string of the molecule is CI([O-])C(C)(C)C.[K+]. The van der Waals surface area contributed by atoms with Crippen LogP contribution in [0, 0.1) is 0 Å². The van der Waals surface area contributed by atoms with E-state index < -0.39 is 20.2 Å². The van der Waals surface area contributed by atoms with Crippen LogP contribution in [0.3, 0.4) is 0 Å². The van der Waals surface area contributed by atoms with Crippen molar-refractivity contribution in [3.05, 3.63) is 0 Å². The van der Waals surface area contributed by atoms with Gasteiger partial charge in [-0.3, -0.25) is 0 Å². The maximum absolute atomic E-state index is 10.7. The average Bonchev–Trinajstić information content (AvgIpc) is 1.31. The fourth-order valence-electron chi connectivity index (χ4n) is 0. The summed E-state index contributed by atoms with van der Waals surface area (Å²) in [6.45, 7) is 6.06. The first-order valence-corrected chi connectivity index (χ1v) is 6.34. The number of halogens is 1. The molecular weight excluding hydrogens is 242 g/mol. The molecule has 0 aromatic carbocycles. The fraction of sp³-hybridized carbons (Fsp3) is 1.00. The maximum atomic E-state index is 10.7. The molecule has 0 fully saturated rings. The van der Waals surface area contributed by atoms with Crippen LogP contribution >= 0.6 is 20.2 Å². The maximum Gasteiger partial charge on any atom is 1.00 e. The first kappa shape index (κ1) is 13.0. The molecule has 0 aliphatic carbocycles. The number of hydrogen-bond acceptors (Lipinski definition) is 1. The largest absolute Gasteiger partial charge is 1.00 e. The van der Waals surface area contributed by atoms with Crippen LogP contribution in [0.4, 0.5) is 0 Å². The molecule has 1 nitrogen and oxygen atoms in total. The Kier molecular flexibility index (Phi) is 8.16. The second-order valence-corrected chi connectivity index (χ2v) is 8.12. The second-order valence-electron chi connectivity index (χ2n) is 2.49. The summed E-state index contributed by atoms with van der Waals surface area (Å²) in [6.07, 6.45) is 0. The smallest absolute Gasteiger partial charge is 1.00 e. The molecule has 46 valence electrons. The van der Waals surface area contributed by atoms with Gasteiger partial charge >= 0.3 is 104 Å². The van der Waals surface area contributed by atoms with Crippen molar-refractivity contribution in [2.24, 2.45) is 0 Å². The predicted molar refractivity (Wildman–Crippen MR) is 39.7 cm³/mol. The van der Waals surface area contributed by atoms with E-state index in [0.717, 1.165) is 0 Å².